The van der Waals surface area contributed by atoms with E-state index >= 15 is 4.39 Å². The second-order valence-corrected chi connectivity index (χ2v) is 9.18. The molecule has 0 bridgehead atoms. The Morgan fingerprint density at radius 3 is 2.83 bits per heavy atom. The Morgan fingerprint density at radius 2 is 2.07 bits per heavy atom. The van der Waals surface area contributed by atoms with Gasteiger partial charge in [0.1, 0.15) is 11.4 Å². The van der Waals surface area contributed by atoms with Gasteiger partial charge in [-0.05, 0) is 37.3 Å². The lowest BCUT2D eigenvalue weighted by Gasteiger charge is -2.50. The van der Waals surface area contributed by atoms with Crippen molar-refractivity contribution in [2.75, 3.05) is 12.4 Å². The van der Waals surface area contributed by atoms with E-state index in [9.17, 15) is 9.18 Å². The average Bonchev–Trinajstić information content (AvgIpc) is 2.70. The van der Waals surface area contributed by atoms with E-state index in [1.54, 1.807) is 43.3 Å². The fourth-order valence-corrected chi connectivity index (χ4v) is 5.26. The van der Waals surface area contributed by atoms with Gasteiger partial charge in [-0.25, -0.2) is 13.8 Å². The van der Waals surface area contributed by atoms with Crippen LogP contribution in [0.1, 0.15) is 29.3 Å². The third kappa shape index (κ3) is 3.73. The van der Waals surface area contributed by atoms with Gasteiger partial charge in [0.2, 0.25) is 0 Å². The molecule has 1 N–H and O–H groups in total. The number of nitrogens with one attached hydrogen (secondary N) is 1. The van der Waals surface area contributed by atoms with Crippen molar-refractivity contribution in [3.05, 3.63) is 69.9 Å². The van der Waals surface area contributed by atoms with E-state index in [0.29, 0.717) is 10.0 Å². The van der Waals surface area contributed by atoms with Crippen molar-refractivity contribution in [3.63, 3.8) is 0 Å². The summed E-state index contributed by atoms with van der Waals surface area (Å²) in [6.07, 6.45) is -0.213. The van der Waals surface area contributed by atoms with E-state index in [-0.39, 0.29) is 41.5 Å². The van der Waals surface area contributed by atoms with Crippen LogP contribution < -0.4 is 5.32 Å². The number of fused-ring (bicyclic) bond motifs is 1. The average molecular weight is 481 g/mol. The first-order valence-corrected chi connectivity index (χ1v) is 11.0. The number of ether oxygens (including phenoxy) is 1. The number of thioether (sulfide) groups is 1. The molecule has 0 unspecified atom stereocenters. The molecule has 4 rings (SSSR count). The molecular weight excluding hydrogens is 462 g/mol. The summed E-state index contributed by atoms with van der Waals surface area (Å²) in [4.78, 5) is 17.1. The lowest BCUT2D eigenvalue weighted by Crippen LogP contribution is -2.61. The zero-order valence-electron chi connectivity index (χ0n) is 15.6. The molecule has 152 valence electrons. The summed E-state index contributed by atoms with van der Waals surface area (Å²) in [5.74, 6) is -0.864. The van der Waals surface area contributed by atoms with Gasteiger partial charge < -0.3 is 10.1 Å². The van der Waals surface area contributed by atoms with Crippen LogP contribution in [0.2, 0.25) is 0 Å². The van der Waals surface area contributed by atoms with Gasteiger partial charge in [-0.2, -0.15) is 0 Å². The number of benzene rings is 2. The lowest BCUT2D eigenvalue weighted by atomic mass is 9.72. The molecule has 0 spiro atoms. The third-order valence-electron chi connectivity index (χ3n) is 5.29. The van der Waals surface area contributed by atoms with Crippen LogP contribution in [0.5, 0.6) is 0 Å². The molecule has 0 saturated carbocycles. The molecule has 8 heteroatoms. The first kappa shape index (κ1) is 20.5. The largest absolute Gasteiger partial charge is 0.375 e. The van der Waals surface area contributed by atoms with Crippen LogP contribution in [0.3, 0.4) is 0 Å². The van der Waals surface area contributed by atoms with Crippen LogP contribution in [-0.2, 0) is 10.3 Å². The molecule has 4 nitrogen and oxygen atoms in total. The van der Waals surface area contributed by atoms with Crippen molar-refractivity contribution in [2.45, 2.75) is 30.7 Å². The van der Waals surface area contributed by atoms with Crippen LogP contribution in [0.25, 0.3) is 0 Å². The van der Waals surface area contributed by atoms with Gasteiger partial charge in [0, 0.05) is 27.8 Å². The number of carbonyl (C=O) groups excluding carboxylic acids is 1. The smallest absolute Gasteiger partial charge is 0.257 e. The standard InChI is InChI=1S/C21H19BrF2N2O2S/c1-13-10-20(24)12-29-19(25-18(27)14-5-3-2-4-6-14)26-21(20,11-28-13)16-9-15(22)7-8-17(16)23/h2-9,13H,10-12H2,1H3,(H,25,26,27)/t13-,20+,21+/m0/s1. The molecule has 2 aliphatic heterocycles. The van der Waals surface area contributed by atoms with Crippen molar-refractivity contribution in [1.29, 1.82) is 0 Å². The van der Waals surface area contributed by atoms with Gasteiger partial charge in [-0.15, -0.1) is 0 Å². The van der Waals surface area contributed by atoms with Gasteiger partial charge >= 0.3 is 0 Å². The minimum absolute atomic E-state index is 0.0422. The lowest BCUT2D eigenvalue weighted by molar-refractivity contribution is -0.107. The van der Waals surface area contributed by atoms with Crippen molar-refractivity contribution >= 4 is 38.8 Å². The van der Waals surface area contributed by atoms with Gasteiger partial charge in [0.15, 0.2) is 10.8 Å². The zero-order chi connectivity index (χ0) is 20.6. The molecule has 0 aliphatic carbocycles. The minimum Gasteiger partial charge on any atom is -0.375 e. The normalized spacial score (nSPS) is 29.0. The Hall–Kier alpha value is -1.77. The maximum atomic E-state index is 16.3. The predicted molar refractivity (Wildman–Crippen MR) is 113 cm³/mol. The molecule has 1 saturated heterocycles. The minimum atomic E-state index is -1.81. The highest BCUT2D eigenvalue weighted by Crippen LogP contribution is 2.52. The summed E-state index contributed by atoms with van der Waals surface area (Å²) in [5.41, 5.74) is -2.80. The molecule has 2 heterocycles. The summed E-state index contributed by atoms with van der Waals surface area (Å²) < 4.78 is 37.5. The van der Waals surface area contributed by atoms with Gasteiger partial charge in [-0.3, -0.25) is 4.79 Å². The number of nitrogens with zero attached hydrogens (tertiary/aromatic N) is 1. The van der Waals surface area contributed by atoms with E-state index in [0.717, 1.165) is 11.8 Å². The van der Waals surface area contributed by atoms with Crippen molar-refractivity contribution in [1.82, 2.24) is 5.32 Å². The molecule has 3 atom stereocenters. The summed E-state index contributed by atoms with van der Waals surface area (Å²) in [5, 5.41) is 3.00. The summed E-state index contributed by atoms with van der Waals surface area (Å²) in [6, 6.07) is 13.1. The highest BCUT2D eigenvalue weighted by atomic mass is 79.9. The number of aliphatic imine (C=N–C) groups is 1. The Kier molecular flexibility index (Phi) is 5.52. The quantitative estimate of drug-likeness (QED) is 0.669. The number of amidine groups is 1. The van der Waals surface area contributed by atoms with E-state index < -0.39 is 17.0 Å². The molecule has 0 radical (unpaired) electrons. The van der Waals surface area contributed by atoms with Crippen LogP contribution in [0.4, 0.5) is 8.78 Å². The number of amides is 1. The number of hydrogen-bond donors (Lipinski definition) is 1. The molecular formula is C21H19BrF2N2O2S. The highest BCUT2D eigenvalue weighted by molar-refractivity contribution is 9.10. The van der Waals surface area contributed by atoms with Gasteiger partial charge in [0.25, 0.3) is 5.91 Å². The Labute approximate surface area is 180 Å². The second kappa shape index (κ2) is 7.81. The fourth-order valence-electron chi connectivity index (χ4n) is 3.79. The fraction of sp³-hybridized carbons (Fsp3) is 0.333. The molecule has 29 heavy (non-hydrogen) atoms. The van der Waals surface area contributed by atoms with Crippen molar-refractivity contribution in [2.24, 2.45) is 4.99 Å². The van der Waals surface area contributed by atoms with Crippen molar-refractivity contribution in [3.8, 4) is 0 Å². The number of hydrogen-bond acceptors (Lipinski definition) is 4. The molecule has 2 aromatic carbocycles. The first-order valence-electron chi connectivity index (χ1n) is 9.18. The molecule has 2 aromatic rings. The van der Waals surface area contributed by atoms with E-state index in [1.165, 1.54) is 6.07 Å². The summed E-state index contributed by atoms with van der Waals surface area (Å²) in [7, 11) is 0. The van der Waals surface area contributed by atoms with Crippen LogP contribution in [0, 0.1) is 5.82 Å². The maximum absolute atomic E-state index is 16.3. The van der Waals surface area contributed by atoms with E-state index in [1.807, 2.05) is 6.07 Å². The number of rotatable bonds is 2. The zero-order valence-corrected chi connectivity index (χ0v) is 18.0. The van der Waals surface area contributed by atoms with Crippen LogP contribution >= 0.6 is 27.7 Å². The number of alkyl halides is 1. The number of halogens is 3. The molecule has 1 amide bonds. The predicted octanol–water partition coefficient (Wildman–Crippen LogP) is 4.83. The van der Waals surface area contributed by atoms with Crippen LogP contribution in [0.15, 0.2) is 58.0 Å². The van der Waals surface area contributed by atoms with Crippen LogP contribution in [-0.4, -0.2) is 35.2 Å². The second-order valence-electron chi connectivity index (χ2n) is 7.30. The van der Waals surface area contributed by atoms with E-state index in [2.05, 4.69) is 26.2 Å². The summed E-state index contributed by atoms with van der Waals surface area (Å²) >= 11 is 4.47. The Morgan fingerprint density at radius 1 is 1.31 bits per heavy atom. The SMILES string of the molecule is C[C@H]1C[C@@]2(F)CSC(NC(=O)c3ccccc3)=N[C@@]2(c2cc(Br)ccc2F)CO1. The summed E-state index contributed by atoms with van der Waals surface area (Å²) in [6.45, 7) is 1.69. The van der Waals surface area contributed by atoms with Gasteiger partial charge in [-0.1, -0.05) is 45.9 Å². The Balaban J connectivity index is 1.77. The topological polar surface area (TPSA) is 50.7 Å². The highest BCUT2D eigenvalue weighted by Gasteiger charge is 2.60. The van der Waals surface area contributed by atoms with E-state index in [4.69, 9.17) is 4.74 Å². The van der Waals surface area contributed by atoms with Crippen molar-refractivity contribution < 1.29 is 18.3 Å². The maximum Gasteiger partial charge on any atom is 0.257 e. The van der Waals surface area contributed by atoms with Gasteiger partial charge in [0.05, 0.1) is 12.7 Å². The molecule has 0 aromatic heterocycles. The Bertz CT molecular complexity index is 974. The molecule has 1 fully saturated rings. The first-order chi connectivity index (χ1) is 13.8. The molecule has 2 aliphatic rings. The number of carbonyl (C=O) groups is 1. The third-order valence-corrected chi connectivity index (χ3v) is 6.85. The monoisotopic (exact) mass is 480 g/mol.